The SMILES string of the molecule is FC1CC2CC1(F)C(F)(F)C2(F)[Si](Cl)(Cl)Cl. The van der Waals surface area contributed by atoms with Crippen LogP contribution in [0, 0.1) is 5.92 Å². The van der Waals surface area contributed by atoms with Crippen molar-refractivity contribution < 1.29 is 22.0 Å². The lowest BCUT2D eigenvalue weighted by molar-refractivity contribution is -0.202. The first kappa shape index (κ1) is 13.2. The molecule has 2 aliphatic rings. The van der Waals surface area contributed by atoms with Gasteiger partial charge in [-0.3, -0.25) is 0 Å². The molecule has 2 saturated carbocycles. The Kier molecular flexibility index (Phi) is 2.63. The van der Waals surface area contributed by atoms with Gasteiger partial charge in [-0.1, -0.05) is 0 Å². The van der Waals surface area contributed by atoms with Crippen LogP contribution in [0.2, 0.25) is 0 Å². The van der Waals surface area contributed by atoms with Crippen LogP contribution in [-0.2, 0) is 0 Å². The van der Waals surface area contributed by atoms with Crippen LogP contribution in [0.4, 0.5) is 22.0 Å². The van der Waals surface area contributed by atoms with E-state index < -0.39 is 47.8 Å². The Bertz CT molecular complexity index is 334. The van der Waals surface area contributed by atoms with Gasteiger partial charge in [0.25, 0.3) is 0 Å². The fraction of sp³-hybridized carbons (Fsp3) is 1.00. The molecule has 0 aromatic heterocycles. The molecule has 0 aromatic carbocycles. The van der Waals surface area contributed by atoms with Crippen molar-refractivity contribution in [1.29, 1.82) is 0 Å². The second-order valence-electron chi connectivity index (χ2n) is 4.25. The normalized spacial score (nSPS) is 51.0. The highest BCUT2D eigenvalue weighted by Crippen LogP contribution is 2.69. The van der Waals surface area contributed by atoms with E-state index in [1.807, 2.05) is 0 Å². The highest BCUT2D eigenvalue weighted by molar-refractivity contribution is 7.65. The van der Waals surface area contributed by atoms with Gasteiger partial charge in [0.1, 0.15) is 6.17 Å². The van der Waals surface area contributed by atoms with E-state index in [9.17, 15) is 22.0 Å². The molecule has 2 aliphatic carbocycles. The van der Waals surface area contributed by atoms with Gasteiger partial charge in [-0.15, -0.1) is 33.2 Å². The summed E-state index contributed by atoms with van der Waals surface area (Å²) in [5.41, 5.74) is -3.54. The molecule has 0 heterocycles. The lowest BCUT2D eigenvalue weighted by Gasteiger charge is -2.42. The molecule has 0 N–H and O–H groups in total. The lowest BCUT2D eigenvalue weighted by atomic mass is 9.90. The number of rotatable bonds is 1. The third-order valence-electron chi connectivity index (χ3n) is 3.49. The topological polar surface area (TPSA) is 0 Å². The molecule has 0 radical (unpaired) electrons. The molecule has 4 atom stereocenters. The summed E-state index contributed by atoms with van der Waals surface area (Å²) in [5, 5.41) is -3.53. The maximum absolute atomic E-state index is 14.2. The van der Waals surface area contributed by atoms with Crippen LogP contribution in [0.25, 0.3) is 0 Å². The molecule has 4 unspecified atom stereocenters. The largest absolute Gasteiger partial charge is 0.384 e. The van der Waals surface area contributed by atoms with Crippen molar-refractivity contribution >= 4 is 39.2 Å². The minimum Gasteiger partial charge on any atom is -0.244 e. The molecular formula is C7H6Cl3F5Si. The molecule has 0 aliphatic heterocycles. The van der Waals surface area contributed by atoms with E-state index in [4.69, 9.17) is 33.2 Å². The molecule has 16 heavy (non-hydrogen) atoms. The Morgan fingerprint density at radius 1 is 1.06 bits per heavy atom. The molecule has 0 nitrogen and oxygen atoms in total. The first-order valence-corrected chi connectivity index (χ1v) is 9.48. The zero-order valence-corrected chi connectivity index (χ0v) is 10.9. The molecule has 0 saturated heterocycles. The lowest BCUT2D eigenvalue weighted by Crippen LogP contribution is -2.66. The highest BCUT2D eigenvalue weighted by atomic mass is 35.8. The van der Waals surface area contributed by atoms with Gasteiger partial charge < -0.3 is 0 Å². The smallest absolute Gasteiger partial charge is 0.244 e. The molecule has 94 valence electrons. The minimum absolute atomic E-state index is 0.663. The molecule has 2 bridgehead atoms. The molecule has 0 spiro atoms. The summed E-state index contributed by atoms with van der Waals surface area (Å²) in [6.45, 7) is 0. The van der Waals surface area contributed by atoms with Crippen molar-refractivity contribution in [1.82, 2.24) is 0 Å². The summed E-state index contributed by atoms with van der Waals surface area (Å²) in [5.74, 6) is -6.15. The molecule has 9 heteroatoms. The van der Waals surface area contributed by atoms with Crippen molar-refractivity contribution in [3.63, 3.8) is 0 Å². The molecule has 2 rings (SSSR count). The summed E-state index contributed by atoms with van der Waals surface area (Å²) in [6, 6.07) is -4.52. The molecule has 0 amide bonds. The maximum Gasteiger partial charge on any atom is 0.384 e. The van der Waals surface area contributed by atoms with Crippen LogP contribution in [0.1, 0.15) is 12.8 Å². The Morgan fingerprint density at radius 3 is 1.88 bits per heavy atom. The van der Waals surface area contributed by atoms with Crippen LogP contribution in [-0.4, -0.2) is 29.1 Å². The Balaban J connectivity index is 2.54. The second-order valence-corrected chi connectivity index (χ2v) is 12.8. The van der Waals surface area contributed by atoms with Gasteiger partial charge >= 0.3 is 11.9 Å². The number of fused-ring (bicyclic) bond motifs is 2. The Labute approximate surface area is 103 Å². The van der Waals surface area contributed by atoms with E-state index in [0.717, 1.165) is 0 Å². The van der Waals surface area contributed by atoms with E-state index in [-0.39, 0.29) is 0 Å². The van der Waals surface area contributed by atoms with Crippen LogP contribution in [0.15, 0.2) is 0 Å². The van der Waals surface area contributed by atoms with Gasteiger partial charge in [0.05, 0.1) is 0 Å². The van der Waals surface area contributed by atoms with Crippen molar-refractivity contribution in [2.24, 2.45) is 5.92 Å². The average molecular weight is 320 g/mol. The van der Waals surface area contributed by atoms with Crippen molar-refractivity contribution in [2.75, 3.05) is 0 Å². The number of hydrogen-bond donors (Lipinski definition) is 0. The molecule has 2 fully saturated rings. The van der Waals surface area contributed by atoms with Crippen molar-refractivity contribution in [2.45, 2.75) is 35.9 Å². The second kappa shape index (κ2) is 3.19. The Hall–Kier alpha value is 0.737. The number of hydrogen-bond acceptors (Lipinski definition) is 0. The maximum atomic E-state index is 14.2. The van der Waals surface area contributed by atoms with Gasteiger partial charge in [-0.2, -0.15) is 8.78 Å². The monoisotopic (exact) mass is 318 g/mol. The highest BCUT2D eigenvalue weighted by Gasteiger charge is 2.89. The summed E-state index contributed by atoms with van der Waals surface area (Å²) < 4.78 is 68.3. The van der Waals surface area contributed by atoms with Gasteiger partial charge in [0.2, 0.25) is 11.0 Å². The first-order chi connectivity index (χ1) is 6.98. The van der Waals surface area contributed by atoms with Crippen LogP contribution < -0.4 is 0 Å². The predicted octanol–water partition coefficient (Wildman–Crippen LogP) is 3.99. The van der Waals surface area contributed by atoms with Crippen LogP contribution in [0.5, 0.6) is 0 Å². The van der Waals surface area contributed by atoms with E-state index in [2.05, 4.69) is 0 Å². The molecular weight excluding hydrogens is 314 g/mol. The summed E-state index contributed by atoms with van der Waals surface area (Å²) >= 11 is 15.9. The third kappa shape index (κ3) is 1.17. The summed E-state index contributed by atoms with van der Waals surface area (Å²) in [7, 11) is 0. The minimum atomic E-state index is -4.58. The summed E-state index contributed by atoms with van der Waals surface area (Å²) in [4.78, 5) is 0. The fourth-order valence-electron chi connectivity index (χ4n) is 2.60. The van der Waals surface area contributed by atoms with E-state index in [1.54, 1.807) is 0 Å². The van der Waals surface area contributed by atoms with E-state index in [0.29, 0.717) is 0 Å². The summed E-state index contributed by atoms with van der Waals surface area (Å²) in [6.07, 6.45) is -4.00. The zero-order valence-electron chi connectivity index (χ0n) is 7.59. The molecule has 0 aromatic rings. The quantitative estimate of drug-likeness (QED) is 0.389. The van der Waals surface area contributed by atoms with E-state index >= 15 is 0 Å². The van der Waals surface area contributed by atoms with Gasteiger partial charge in [0, 0.05) is 5.92 Å². The van der Waals surface area contributed by atoms with Gasteiger partial charge in [0.15, 0.2) is 0 Å². The Morgan fingerprint density at radius 2 is 1.56 bits per heavy atom. The van der Waals surface area contributed by atoms with Crippen LogP contribution >= 0.6 is 33.2 Å². The fourth-order valence-corrected chi connectivity index (χ4v) is 6.31. The van der Waals surface area contributed by atoms with Crippen molar-refractivity contribution in [3.8, 4) is 0 Å². The predicted molar refractivity (Wildman–Crippen MR) is 53.6 cm³/mol. The standard InChI is InChI=1S/C7H6Cl3F5Si/c8-16(9,10)6(13)3-1-4(11)5(12,2-3)7(6,14)15/h3-4H,1-2H2. The van der Waals surface area contributed by atoms with E-state index in [1.165, 1.54) is 0 Å². The van der Waals surface area contributed by atoms with Gasteiger partial charge in [-0.25, -0.2) is 13.2 Å². The average Bonchev–Trinajstić information content (AvgIpc) is 2.46. The van der Waals surface area contributed by atoms with Gasteiger partial charge in [-0.05, 0) is 12.8 Å². The zero-order chi connectivity index (χ0) is 12.6. The third-order valence-corrected chi connectivity index (χ3v) is 7.51. The van der Waals surface area contributed by atoms with Crippen LogP contribution in [0.3, 0.4) is 0 Å². The number of alkyl halides is 5. The van der Waals surface area contributed by atoms with Crippen molar-refractivity contribution in [3.05, 3.63) is 0 Å². The first-order valence-electron chi connectivity index (χ1n) is 4.45. The number of halogens is 8.